The van der Waals surface area contributed by atoms with Crippen LogP contribution in [-0.2, 0) is 16.4 Å². The summed E-state index contributed by atoms with van der Waals surface area (Å²) < 4.78 is 23.2. The molecule has 0 aliphatic carbocycles. The number of thioether (sulfide) groups is 1. The SMILES string of the molecule is CSc1ccc(CN(C)C(=O)c2cccc(S(C)(=O)=O)c2)cc1. The van der Waals surface area contributed by atoms with Crippen molar-refractivity contribution in [1.82, 2.24) is 4.90 Å². The molecule has 0 fully saturated rings. The standard InChI is InChI=1S/C17H19NO3S2/c1-18(12-13-7-9-15(22-2)10-8-13)17(19)14-5-4-6-16(11-14)23(3,20)21/h4-11H,12H2,1-3H3. The van der Waals surface area contributed by atoms with Gasteiger partial charge in [0, 0.05) is 30.3 Å². The van der Waals surface area contributed by atoms with E-state index in [-0.39, 0.29) is 10.8 Å². The molecule has 0 heterocycles. The van der Waals surface area contributed by atoms with Crippen molar-refractivity contribution < 1.29 is 13.2 Å². The van der Waals surface area contributed by atoms with Gasteiger partial charge in [-0.25, -0.2) is 8.42 Å². The summed E-state index contributed by atoms with van der Waals surface area (Å²) in [5.74, 6) is -0.204. The van der Waals surface area contributed by atoms with E-state index in [9.17, 15) is 13.2 Å². The highest BCUT2D eigenvalue weighted by molar-refractivity contribution is 7.98. The number of hydrogen-bond donors (Lipinski definition) is 0. The maximum absolute atomic E-state index is 12.5. The lowest BCUT2D eigenvalue weighted by atomic mass is 10.1. The Bertz CT molecular complexity index is 799. The zero-order valence-electron chi connectivity index (χ0n) is 13.3. The maximum atomic E-state index is 12.5. The average Bonchev–Trinajstić information content (AvgIpc) is 2.54. The predicted molar refractivity (Wildman–Crippen MR) is 93.6 cm³/mol. The fraction of sp³-hybridized carbons (Fsp3) is 0.235. The number of carbonyl (C=O) groups is 1. The Morgan fingerprint density at radius 2 is 1.78 bits per heavy atom. The van der Waals surface area contributed by atoms with Crippen LogP contribution in [0.1, 0.15) is 15.9 Å². The van der Waals surface area contributed by atoms with Crippen molar-refractivity contribution in [1.29, 1.82) is 0 Å². The molecule has 0 aliphatic heterocycles. The van der Waals surface area contributed by atoms with Crippen LogP contribution in [0.15, 0.2) is 58.3 Å². The Labute approximate surface area is 141 Å². The van der Waals surface area contributed by atoms with Crippen LogP contribution >= 0.6 is 11.8 Å². The highest BCUT2D eigenvalue weighted by atomic mass is 32.2. The summed E-state index contributed by atoms with van der Waals surface area (Å²) >= 11 is 1.67. The van der Waals surface area contributed by atoms with E-state index in [1.54, 1.807) is 35.8 Å². The number of nitrogens with zero attached hydrogens (tertiary/aromatic N) is 1. The van der Waals surface area contributed by atoms with Crippen molar-refractivity contribution in [3.05, 3.63) is 59.7 Å². The van der Waals surface area contributed by atoms with Crippen molar-refractivity contribution >= 4 is 27.5 Å². The van der Waals surface area contributed by atoms with Crippen molar-refractivity contribution in [2.24, 2.45) is 0 Å². The summed E-state index contributed by atoms with van der Waals surface area (Å²) in [7, 11) is -1.62. The van der Waals surface area contributed by atoms with Crippen LogP contribution in [0.5, 0.6) is 0 Å². The minimum atomic E-state index is -3.32. The first-order valence-electron chi connectivity index (χ1n) is 7.00. The highest BCUT2D eigenvalue weighted by Gasteiger charge is 2.15. The van der Waals surface area contributed by atoms with E-state index in [0.717, 1.165) is 11.8 Å². The van der Waals surface area contributed by atoms with E-state index < -0.39 is 9.84 Å². The molecule has 0 radical (unpaired) electrons. The number of amides is 1. The summed E-state index contributed by atoms with van der Waals surface area (Å²) in [6, 6.07) is 14.1. The van der Waals surface area contributed by atoms with E-state index in [4.69, 9.17) is 0 Å². The Hall–Kier alpha value is -1.79. The van der Waals surface area contributed by atoms with Crippen LogP contribution in [0.3, 0.4) is 0 Å². The fourth-order valence-electron chi connectivity index (χ4n) is 2.16. The maximum Gasteiger partial charge on any atom is 0.253 e. The number of carbonyl (C=O) groups excluding carboxylic acids is 1. The average molecular weight is 349 g/mol. The highest BCUT2D eigenvalue weighted by Crippen LogP contribution is 2.17. The Balaban J connectivity index is 2.16. The third kappa shape index (κ3) is 4.59. The molecule has 0 spiro atoms. The molecule has 2 rings (SSSR count). The molecule has 1 amide bonds. The molecule has 0 saturated carbocycles. The first kappa shape index (κ1) is 17.6. The zero-order valence-corrected chi connectivity index (χ0v) is 14.9. The lowest BCUT2D eigenvalue weighted by Gasteiger charge is -2.18. The Morgan fingerprint density at radius 3 is 2.35 bits per heavy atom. The topological polar surface area (TPSA) is 54.5 Å². The predicted octanol–water partition coefficient (Wildman–Crippen LogP) is 3.08. The lowest BCUT2D eigenvalue weighted by Crippen LogP contribution is -2.26. The van der Waals surface area contributed by atoms with Crippen LogP contribution in [-0.4, -0.2) is 38.8 Å². The molecule has 0 unspecified atom stereocenters. The van der Waals surface area contributed by atoms with Crippen LogP contribution in [0.25, 0.3) is 0 Å². The molecule has 0 atom stereocenters. The van der Waals surface area contributed by atoms with Gasteiger partial charge in [0.05, 0.1) is 4.90 Å². The second-order valence-electron chi connectivity index (χ2n) is 5.31. The van der Waals surface area contributed by atoms with E-state index in [1.807, 2.05) is 30.5 Å². The van der Waals surface area contributed by atoms with E-state index in [1.165, 1.54) is 17.0 Å². The van der Waals surface area contributed by atoms with Crippen LogP contribution < -0.4 is 0 Å². The molecular formula is C17H19NO3S2. The largest absolute Gasteiger partial charge is 0.337 e. The molecular weight excluding hydrogens is 330 g/mol. The molecule has 0 saturated heterocycles. The van der Waals surface area contributed by atoms with Crippen LogP contribution in [0.4, 0.5) is 0 Å². The number of benzene rings is 2. The quantitative estimate of drug-likeness (QED) is 0.779. The molecule has 23 heavy (non-hydrogen) atoms. The molecule has 2 aromatic carbocycles. The van der Waals surface area contributed by atoms with Gasteiger partial charge in [0.1, 0.15) is 0 Å². The van der Waals surface area contributed by atoms with E-state index >= 15 is 0 Å². The summed E-state index contributed by atoms with van der Waals surface area (Å²) in [6.07, 6.45) is 3.15. The molecule has 6 heteroatoms. The second kappa shape index (κ2) is 7.19. The van der Waals surface area contributed by atoms with Gasteiger partial charge in [0.25, 0.3) is 5.91 Å². The number of sulfone groups is 1. The third-order valence-corrected chi connectivity index (χ3v) is 5.29. The van der Waals surface area contributed by atoms with Crippen molar-refractivity contribution in [2.75, 3.05) is 19.6 Å². The second-order valence-corrected chi connectivity index (χ2v) is 8.20. The van der Waals surface area contributed by atoms with Crippen molar-refractivity contribution in [3.63, 3.8) is 0 Å². The monoisotopic (exact) mass is 349 g/mol. The van der Waals surface area contributed by atoms with Gasteiger partial charge < -0.3 is 4.90 Å². The van der Waals surface area contributed by atoms with Crippen LogP contribution in [0, 0.1) is 0 Å². The summed E-state index contributed by atoms with van der Waals surface area (Å²) in [6.45, 7) is 0.469. The molecule has 0 aromatic heterocycles. The Morgan fingerprint density at radius 1 is 1.13 bits per heavy atom. The summed E-state index contributed by atoms with van der Waals surface area (Å²) in [4.78, 5) is 15.4. The van der Waals surface area contributed by atoms with Gasteiger partial charge >= 0.3 is 0 Å². The number of hydrogen-bond acceptors (Lipinski definition) is 4. The van der Waals surface area contributed by atoms with Gasteiger partial charge in [0.2, 0.25) is 0 Å². The lowest BCUT2D eigenvalue weighted by molar-refractivity contribution is 0.0785. The van der Waals surface area contributed by atoms with Gasteiger partial charge in [-0.15, -0.1) is 11.8 Å². The summed E-state index contributed by atoms with van der Waals surface area (Å²) in [5.41, 5.74) is 1.40. The van der Waals surface area contributed by atoms with Crippen molar-refractivity contribution in [2.45, 2.75) is 16.3 Å². The smallest absolute Gasteiger partial charge is 0.253 e. The first-order chi connectivity index (χ1) is 10.8. The first-order valence-corrected chi connectivity index (χ1v) is 10.1. The van der Waals surface area contributed by atoms with Gasteiger partial charge in [-0.3, -0.25) is 4.79 Å². The van der Waals surface area contributed by atoms with E-state index in [0.29, 0.717) is 12.1 Å². The van der Waals surface area contributed by atoms with Crippen LogP contribution in [0.2, 0.25) is 0 Å². The van der Waals surface area contributed by atoms with Gasteiger partial charge in [-0.2, -0.15) is 0 Å². The Kier molecular flexibility index (Phi) is 5.49. The third-order valence-electron chi connectivity index (χ3n) is 3.43. The molecule has 122 valence electrons. The minimum Gasteiger partial charge on any atom is -0.337 e. The van der Waals surface area contributed by atoms with Crippen molar-refractivity contribution in [3.8, 4) is 0 Å². The van der Waals surface area contributed by atoms with E-state index in [2.05, 4.69) is 0 Å². The fourth-order valence-corrected chi connectivity index (χ4v) is 3.23. The minimum absolute atomic E-state index is 0.154. The molecule has 0 bridgehead atoms. The van der Waals surface area contributed by atoms with Gasteiger partial charge in [0.15, 0.2) is 9.84 Å². The summed E-state index contributed by atoms with van der Waals surface area (Å²) in [5, 5.41) is 0. The molecule has 0 N–H and O–H groups in total. The zero-order chi connectivity index (χ0) is 17.0. The normalized spacial score (nSPS) is 11.3. The number of rotatable bonds is 5. The molecule has 0 aliphatic rings. The van der Waals surface area contributed by atoms with Gasteiger partial charge in [-0.1, -0.05) is 18.2 Å². The molecule has 4 nitrogen and oxygen atoms in total. The molecule has 2 aromatic rings. The van der Waals surface area contributed by atoms with Gasteiger partial charge in [-0.05, 0) is 42.2 Å².